The Bertz CT molecular complexity index is 730. The summed E-state index contributed by atoms with van der Waals surface area (Å²) in [6.07, 6.45) is 4.09. The van der Waals surface area contributed by atoms with E-state index in [4.69, 9.17) is 4.74 Å². The number of benzene rings is 1. The molecule has 1 unspecified atom stereocenters. The minimum absolute atomic E-state index is 0. The summed E-state index contributed by atoms with van der Waals surface area (Å²) in [5.74, 6) is 2.40. The number of rotatable bonds is 6. The lowest BCUT2D eigenvalue weighted by Gasteiger charge is -2.35. The van der Waals surface area contributed by atoms with Gasteiger partial charge in [-0.1, -0.05) is 26.0 Å². The predicted molar refractivity (Wildman–Crippen MR) is 108 cm³/mol. The fourth-order valence-electron chi connectivity index (χ4n) is 3.17. The van der Waals surface area contributed by atoms with Crippen molar-refractivity contribution < 1.29 is 9.53 Å². The second-order valence-corrected chi connectivity index (χ2v) is 7.23. The van der Waals surface area contributed by atoms with Crippen molar-refractivity contribution in [1.82, 2.24) is 19.8 Å². The van der Waals surface area contributed by atoms with Crippen LogP contribution in [0.15, 0.2) is 36.7 Å². The molecule has 0 spiro atoms. The first-order chi connectivity index (χ1) is 12.5. The molecule has 7 heteroatoms. The zero-order chi connectivity index (χ0) is 18.5. The first kappa shape index (κ1) is 21.3. The van der Waals surface area contributed by atoms with Crippen molar-refractivity contribution in [2.24, 2.45) is 13.0 Å². The highest BCUT2D eigenvalue weighted by Gasteiger charge is 2.30. The molecule has 27 heavy (non-hydrogen) atoms. The molecule has 1 saturated heterocycles. The molecule has 1 aromatic carbocycles. The van der Waals surface area contributed by atoms with E-state index in [9.17, 15) is 4.79 Å². The molecule has 1 N–H and O–H groups in total. The molecule has 2 aromatic rings. The first-order valence-corrected chi connectivity index (χ1v) is 9.23. The van der Waals surface area contributed by atoms with Crippen LogP contribution in [0, 0.1) is 5.92 Å². The van der Waals surface area contributed by atoms with E-state index in [1.54, 1.807) is 6.20 Å². The number of hydrogen-bond donors (Lipinski definition) is 1. The number of halogens is 1. The zero-order valence-electron chi connectivity index (χ0n) is 16.2. The van der Waals surface area contributed by atoms with Crippen LogP contribution >= 0.6 is 12.4 Å². The van der Waals surface area contributed by atoms with E-state index >= 15 is 0 Å². The summed E-state index contributed by atoms with van der Waals surface area (Å²) in [7, 11) is 1.97. The summed E-state index contributed by atoms with van der Waals surface area (Å²) >= 11 is 0. The number of imidazole rings is 1. The van der Waals surface area contributed by atoms with Crippen LogP contribution in [-0.2, 0) is 18.3 Å². The quantitative estimate of drug-likeness (QED) is 0.820. The second kappa shape index (κ2) is 9.76. The molecule has 0 saturated carbocycles. The third kappa shape index (κ3) is 5.47. The molecule has 1 amide bonds. The van der Waals surface area contributed by atoms with E-state index in [2.05, 4.69) is 24.1 Å². The normalized spacial score (nSPS) is 16.9. The van der Waals surface area contributed by atoms with Gasteiger partial charge in [-0.3, -0.25) is 4.79 Å². The Labute approximate surface area is 167 Å². The minimum atomic E-state index is -0.0232. The van der Waals surface area contributed by atoms with Gasteiger partial charge in [0.25, 0.3) is 0 Å². The van der Waals surface area contributed by atoms with Gasteiger partial charge in [0, 0.05) is 39.1 Å². The molecule has 0 bridgehead atoms. The van der Waals surface area contributed by atoms with Crippen LogP contribution < -0.4 is 10.1 Å². The molecule has 1 aliphatic rings. The van der Waals surface area contributed by atoms with Gasteiger partial charge in [-0.25, -0.2) is 4.98 Å². The lowest BCUT2D eigenvalue weighted by molar-refractivity contribution is -0.134. The van der Waals surface area contributed by atoms with Crippen molar-refractivity contribution in [3.8, 4) is 5.75 Å². The molecule has 0 radical (unpaired) electrons. The van der Waals surface area contributed by atoms with E-state index in [1.807, 2.05) is 47.0 Å². The molecule has 148 valence electrons. The second-order valence-electron chi connectivity index (χ2n) is 7.23. The Kier molecular flexibility index (Phi) is 7.68. The number of ether oxygens (including phenoxy) is 1. The SMILES string of the molecule is CC(C)COc1ccc(CC(=O)N2CCNCC2c2nccn2C)cc1.Cl. The number of aromatic nitrogens is 2. The summed E-state index contributed by atoms with van der Waals surface area (Å²) in [6, 6.07) is 7.82. The van der Waals surface area contributed by atoms with E-state index < -0.39 is 0 Å². The van der Waals surface area contributed by atoms with Crippen molar-refractivity contribution in [2.75, 3.05) is 26.2 Å². The number of nitrogens with zero attached hydrogens (tertiary/aromatic N) is 3. The third-order valence-corrected chi connectivity index (χ3v) is 4.58. The highest BCUT2D eigenvalue weighted by atomic mass is 35.5. The van der Waals surface area contributed by atoms with Gasteiger partial charge in [0.15, 0.2) is 0 Å². The fraction of sp³-hybridized carbons (Fsp3) is 0.500. The van der Waals surface area contributed by atoms with Crippen molar-refractivity contribution in [3.63, 3.8) is 0 Å². The van der Waals surface area contributed by atoms with Crippen molar-refractivity contribution in [2.45, 2.75) is 26.3 Å². The molecular weight excluding hydrogens is 364 g/mol. The number of amides is 1. The number of hydrogen-bond acceptors (Lipinski definition) is 4. The monoisotopic (exact) mass is 392 g/mol. The number of aryl methyl sites for hydroxylation is 1. The van der Waals surface area contributed by atoms with Gasteiger partial charge in [-0.15, -0.1) is 12.4 Å². The fourth-order valence-corrected chi connectivity index (χ4v) is 3.17. The van der Waals surface area contributed by atoms with Crippen LogP contribution in [0.1, 0.15) is 31.3 Å². The molecular formula is C20H29ClN4O2. The van der Waals surface area contributed by atoms with Crippen LogP contribution in [0.2, 0.25) is 0 Å². The number of carbonyl (C=O) groups excluding carboxylic acids is 1. The third-order valence-electron chi connectivity index (χ3n) is 4.58. The van der Waals surface area contributed by atoms with Crippen LogP contribution in [0.4, 0.5) is 0 Å². The Morgan fingerprint density at radius 1 is 1.33 bits per heavy atom. The Morgan fingerprint density at radius 2 is 2.07 bits per heavy atom. The molecule has 3 rings (SSSR count). The van der Waals surface area contributed by atoms with Gasteiger partial charge in [0.05, 0.1) is 13.0 Å². The van der Waals surface area contributed by atoms with Crippen molar-refractivity contribution in [1.29, 1.82) is 0 Å². The molecule has 1 atom stereocenters. The number of nitrogens with one attached hydrogen (secondary N) is 1. The predicted octanol–water partition coefficient (Wildman–Crippen LogP) is 2.59. The standard InChI is InChI=1S/C20H28N4O2.ClH/c1-15(2)14-26-17-6-4-16(5-7-17)12-19(25)24-11-8-21-13-18(24)20-22-9-10-23(20)3;/h4-7,9-10,15,18,21H,8,11-14H2,1-3H3;1H. The highest BCUT2D eigenvalue weighted by Crippen LogP contribution is 2.22. The summed E-state index contributed by atoms with van der Waals surface area (Å²) < 4.78 is 7.69. The van der Waals surface area contributed by atoms with Gasteiger partial charge < -0.3 is 19.5 Å². The lowest BCUT2D eigenvalue weighted by Crippen LogP contribution is -2.49. The molecule has 1 aromatic heterocycles. The number of piperazine rings is 1. The van der Waals surface area contributed by atoms with E-state index in [0.29, 0.717) is 25.5 Å². The maximum absolute atomic E-state index is 12.9. The van der Waals surface area contributed by atoms with Gasteiger partial charge in [-0.05, 0) is 23.6 Å². The zero-order valence-corrected chi connectivity index (χ0v) is 17.0. The van der Waals surface area contributed by atoms with Gasteiger partial charge in [-0.2, -0.15) is 0 Å². The summed E-state index contributed by atoms with van der Waals surface area (Å²) in [6.45, 7) is 7.20. The van der Waals surface area contributed by atoms with Crippen LogP contribution in [-0.4, -0.2) is 46.6 Å². The van der Waals surface area contributed by atoms with E-state index in [-0.39, 0.29) is 24.4 Å². The van der Waals surface area contributed by atoms with Crippen LogP contribution in [0.5, 0.6) is 5.75 Å². The van der Waals surface area contributed by atoms with Gasteiger partial charge >= 0.3 is 0 Å². The van der Waals surface area contributed by atoms with Gasteiger partial charge in [0.1, 0.15) is 17.6 Å². The Balaban J connectivity index is 0.00000261. The summed E-state index contributed by atoms with van der Waals surface area (Å²) in [5.41, 5.74) is 1.00. The molecule has 6 nitrogen and oxygen atoms in total. The average Bonchev–Trinajstić information content (AvgIpc) is 3.07. The van der Waals surface area contributed by atoms with E-state index in [0.717, 1.165) is 30.2 Å². The van der Waals surface area contributed by atoms with Crippen LogP contribution in [0.25, 0.3) is 0 Å². The van der Waals surface area contributed by atoms with Crippen LogP contribution in [0.3, 0.4) is 0 Å². The van der Waals surface area contributed by atoms with E-state index in [1.165, 1.54) is 0 Å². The maximum Gasteiger partial charge on any atom is 0.227 e. The van der Waals surface area contributed by atoms with Crippen molar-refractivity contribution in [3.05, 3.63) is 48.0 Å². The summed E-state index contributed by atoms with van der Waals surface area (Å²) in [4.78, 5) is 19.3. The molecule has 1 aliphatic heterocycles. The van der Waals surface area contributed by atoms with Crippen molar-refractivity contribution >= 4 is 18.3 Å². The maximum atomic E-state index is 12.9. The molecule has 1 fully saturated rings. The first-order valence-electron chi connectivity index (χ1n) is 9.23. The topological polar surface area (TPSA) is 59.4 Å². The van der Waals surface area contributed by atoms with Gasteiger partial charge in [0.2, 0.25) is 5.91 Å². The number of carbonyl (C=O) groups is 1. The largest absolute Gasteiger partial charge is 0.493 e. The highest BCUT2D eigenvalue weighted by molar-refractivity contribution is 5.85. The minimum Gasteiger partial charge on any atom is -0.493 e. The smallest absolute Gasteiger partial charge is 0.227 e. The average molecular weight is 393 g/mol. The Hall–Kier alpha value is -2.05. The molecule has 2 heterocycles. The molecule has 0 aliphatic carbocycles. The lowest BCUT2D eigenvalue weighted by atomic mass is 10.1. The Morgan fingerprint density at radius 3 is 2.70 bits per heavy atom. The summed E-state index contributed by atoms with van der Waals surface area (Å²) in [5, 5.41) is 3.37.